The van der Waals surface area contributed by atoms with E-state index in [1.807, 2.05) is 33.8 Å². The minimum absolute atomic E-state index is 0.0353. The zero-order chi connectivity index (χ0) is 14.2. The topological polar surface area (TPSA) is 68.3 Å². The van der Waals surface area contributed by atoms with Gasteiger partial charge in [-0.15, -0.1) is 0 Å². The molecule has 0 aromatic carbocycles. The fourth-order valence-electron chi connectivity index (χ4n) is 2.99. The van der Waals surface area contributed by atoms with Crippen LogP contribution in [0.3, 0.4) is 0 Å². The van der Waals surface area contributed by atoms with E-state index in [-0.39, 0.29) is 18.0 Å². The van der Waals surface area contributed by atoms with Crippen LogP contribution in [0.25, 0.3) is 0 Å². The van der Waals surface area contributed by atoms with Crippen LogP contribution in [-0.4, -0.2) is 11.9 Å². The minimum Gasteiger partial charge on any atom is -0.466 e. The first-order valence-corrected chi connectivity index (χ1v) is 6.98. The largest absolute Gasteiger partial charge is 0.466 e. The molecule has 1 heterocycles. The second-order valence-corrected chi connectivity index (χ2v) is 5.98. The van der Waals surface area contributed by atoms with Gasteiger partial charge in [0, 0.05) is 11.6 Å². The average Bonchev–Trinajstić information content (AvgIpc) is 2.83. The zero-order valence-electron chi connectivity index (χ0n) is 12.2. The van der Waals surface area contributed by atoms with E-state index in [2.05, 4.69) is 5.32 Å². The molecule has 3 atom stereocenters. The molecule has 1 aliphatic carbocycles. The Morgan fingerprint density at radius 1 is 1.58 bits per heavy atom. The summed E-state index contributed by atoms with van der Waals surface area (Å²) in [7, 11) is 0. The van der Waals surface area contributed by atoms with Crippen molar-refractivity contribution in [1.29, 1.82) is 0 Å². The second-order valence-electron chi connectivity index (χ2n) is 5.98. The van der Waals surface area contributed by atoms with Gasteiger partial charge in [0.2, 0.25) is 5.91 Å². The SMILES string of the molecule is Cc1cc(C(C)NC(=O)C2(C)CCCC2N)c(C)o1. The summed E-state index contributed by atoms with van der Waals surface area (Å²) in [6.45, 7) is 7.80. The monoisotopic (exact) mass is 264 g/mol. The van der Waals surface area contributed by atoms with E-state index in [9.17, 15) is 4.79 Å². The lowest BCUT2D eigenvalue weighted by atomic mass is 9.84. The van der Waals surface area contributed by atoms with Crippen molar-refractivity contribution >= 4 is 5.91 Å². The number of carbonyl (C=O) groups is 1. The van der Waals surface area contributed by atoms with E-state index in [1.54, 1.807) is 0 Å². The molecule has 0 saturated heterocycles. The fourth-order valence-corrected chi connectivity index (χ4v) is 2.99. The number of rotatable bonds is 3. The first-order valence-electron chi connectivity index (χ1n) is 6.98. The Labute approximate surface area is 114 Å². The smallest absolute Gasteiger partial charge is 0.227 e. The molecule has 3 unspecified atom stereocenters. The van der Waals surface area contributed by atoms with E-state index in [4.69, 9.17) is 10.2 Å². The molecule has 0 aliphatic heterocycles. The lowest BCUT2D eigenvalue weighted by molar-refractivity contribution is -0.131. The number of furan rings is 1. The maximum Gasteiger partial charge on any atom is 0.227 e. The molecule has 106 valence electrons. The van der Waals surface area contributed by atoms with Crippen LogP contribution in [0.1, 0.15) is 56.2 Å². The Bertz CT molecular complexity index is 480. The van der Waals surface area contributed by atoms with Crippen molar-refractivity contribution in [3.8, 4) is 0 Å². The maximum atomic E-state index is 12.5. The number of hydrogen-bond acceptors (Lipinski definition) is 3. The van der Waals surface area contributed by atoms with Crippen LogP contribution in [0.2, 0.25) is 0 Å². The fraction of sp³-hybridized carbons (Fsp3) is 0.667. The van der Waals surface area contributed by atoms with Gasteiger partial charge in [-0.3, -0.25) is 4.79 Å². The number of nitrogens with two attached hydrogens (primary N) is 1. The molecule has 19 heavy (non-hydrogen) atoms. The Morgan fingerprint density at radius 2 is 2.26 bits per heavy atom. The lowest BCUT2D eigenvalue weighted by Gasteiger charge is -2.29. The number of amides is 1. The van der Waals surface area contributed by atoms with Crippen molar-refractivity contribution in [2.24, 2.45) is 11.1 Å². The summed E-state index contributed by atoms with van der Waals surface area (Å²) in [5.41, 5.74) is 6.70. The summed E-state index contributed by atoms with van der Waals surface area (Å²) in [6, 6.07) is 1.90. The van der Waals surface area contributed by atoms with Gasteiger partial charge in [-0.25, -0.2) is 0 Å². The van der Waals surface area contributed by atoms with Gasteiger partial charge in [-0.1, -0.05) is 6.42 Å². The Balaban J connectivity index is 2.09. The van der Waals surface area contributed by atoms with E-state index in [1.165, 1.54) is 0 Å². The average molecular weight is 264 g/mol. The first-order chi connectivity index (χ1) is 8.84. The van der Waals surface area contributed by atoms with E-state index in [0.29, 0.717) is 0 Å². The standard InChI is InChI=1S/C15H24N2O2/c1-9-8-12(11(3)19-9)10(2)17-14(18)15(4)7-5-6-13(15)16/h8,10,13H,5-7,16H2,1-4H3,(H,17,18). The molecule has 1 aliphatic rings. The molecule has 0 spiro atoms. The van der Waals surface area contributed by atoms with Crippen LogP contribution >= 0.6 is 0 Å². The highest BCUT2D eigenvalue weighted by molar-refractivity contribution is 5.83. The van der Waals surface area contributed by atoms with Gasteiger partial charge in [0.05, 0.1) is 11.5 Å². The molecule has 1 aromatic rings. The van der Waals surface area contributed by atoms with Crippen LogP contribution in [0.15, 0.2) is 10.5 Å². The van der Waals surface area contributed by atoms with Gasteiger partial charge in [0.25, 0.3) is 0 Å². The van der Waals surface area contributed by atoms with Crippen molar-refractivity contribution in [2.45, 2.75) is 59.0 Å². The molecular formula is C15H24N2O2. The van der Waals surface area contributed by atoms with Crippen molar-refractivity contribution in [1.82, 2.24) is 5.32 Å². The molecule has 0 bridgehead atoms. The van der Waals surface area contributed by atoms with Crippen molar-refractivity contribution in [3.05, 3.63) is 23.2 Å². The third-order valence-corrected chi connectivity index (χ3v) is 4.44. The van der Waals surface area contributed by atoms with Crippen molar-refractivity contribution < 1.29 is 9.21 Å². The Morgan fingerprint density at radius 3 is 2.74 bits per heavy atom. The summed E-state index contributed by atoms with van der Waals surface area (Å²) >= 11 is 0. The van der Waals surface area contributed by atoms with Crippen LogP contribution in [0.5, 0.6) is 0 Å². The second kappa shape index (κ2) is 5.00. The molecule has 1 saturated carbocycles. The predicted molar refractivity (Wildman–Crippen MR) is 74.7 cm³/mol. The number of carbonyl (C=O) groups excluding carboxylic acids is 1. The van der Waals surface area contributed by atoms with Crippen LogP contribution in [0, 0.1) is 19.3 Å². The Hall–Kier alpha value is -1.29. The Kier molecular flexibility index (Phi) is 3.72. The molecule has 1 aromatic heterocycles. The highest BCUT2D eigenvalue weighted by Gasteiger charge is 2.43. The molecule has 0 radical (unpaired) electrons. The van der Waals surface area contributed by atoms with Gasteiger partial charge >= 0.3 is 0 Å². The molecule has 4 heteroatoms. The summed E-state index contributed by atoms with van der Waals surface area (Å²) in [6.07, 6.45) is 2.83. The quantitative estimate of drug-likeness (QED) is 0.881. The lowest BCUT2D eigenvalue weighted by Crippen LogP contribution is -2.47. The summed E-state index contributed by atoms with van der Waals surface area (Å²) in [5.74, 6) is 1.80. The van der Waals surface area contributed by atoms with Crippen LogP contribution < -0.4 is 11.1 Å². The molecular weight excluding hydrogens is 240 g/mol. The molecule has 1 fully saturated rings. The van der Waals surface area contributed by atoms with E-state index >= 15 is 0 Å². The van der Waals surface area contributed by atoms with Crippen molar-refractivity contribution in [2.75, 3.05) is 0 Å². The van der Waals surface area contributed by atoms with Crippen LogP contribution in [-0.2, 0) is 4.79 Å². The third kappa shape index (κ3) is 2.54. The summed E-state index contributed by atoms with van der Waals surface area (Å²) in [5, 5.41) is 3.08. The van der Waals surface area contributed by atoms with E-state index < -0.39 is 5.41 Å². The summed E-state index contributed by atoms with van der Waals surface area (Å²) in [4.78, 5) is 12.5. The number of aryl methyl sites for hydroxylation is 2. The normalized spacial score (nSPS) is 28.4. The number of hydrogen-bond donors (Lipinski definition) is 2. The molecule has 4 nitrogen and oxygen atoms in total. The van der Waals surface area contributed by atoms with Gasteiger partial charge < -0.3 is 15.5 Å². The molecule has 1 amide bonds. The molecule has 2 rings (SSSR count). The van der Waals surface area contributed by atoms with Gasteiger partial charge in [0.1, 0.15) is 11.5 Å². The van der Waals surface area contributed by atoms with Crippen LogP contribution in [0.4, 0.5) is 0 Å². The summed E-state index contributed by atoms with van der Waals surface area (Å²) < 4.78 is 5.51. The third-order valence-electron chi connectivity index (χ3n) is 4.44. The minimum atomic E-state index is -0.430. The zero-order valence-corrected chi connectivity index (χ0v) is 12.2. The first kappa shape index (κ1) is 14.1. The maximum absolute atomic E-state index is 12.5. The van der Waals surface area contributed by atoms with Gasteiger partial charge in [-0.05, 0) is 46.6 Å². The van der Waals surface area contributed by atoms with Gasteiger partial charge in [-0.2, -0.15) is 0 Å². The van der Waals surface area contributed by atoms with Crippen molar-refractivity contribution in [3.63, 3.8) is 0 Å². The van der Waals surface area contributed by atoms with Gasteiger partial charge in [0.15, 0.2) is 0 Å². The highest BCUT2D eigenvalue weighted by atomic mass is 16.3. The predicted octanol–water partition coefficient (Wildman–Crippen LogP) is 2.59. The molecule has 3 N–H and O–H groups in total. The highest BCUT2D eigenvalue weighted by Crippen LogP contribution is 2.37. The number of nitrogens with one attached hydrogen (secondary N) is 1. The van der Waals surface area contributed by atoms with E-state index in [0.717, 1.165) is 36.3 Å².